The van der Waals surface area contributed by atoms with Gasteiger partial charge in [0.25, 0.3) is 9.40 Å². The number of fused-ring (bicyclic) bond motifs is 2. The molecule has 2 aromatic carbocycles. The molecule has 1 aromatic heterocycles. The van der Waals surface area contributed by atoms with Crippen molar-refractivity contribution in [3.05, 3.63) is 35.4 Å². The van der Waals surface area contributed by atoms with E-state index in [-0.39, 0.29) is 0 Å². The number of nitrogens with zero attached hydrogens (tertiary/aromatic N) is 3. The van der Waals surface area contributed by atoms with Gasteiger partial charge in [-0.05, 0) is 37.1 Å². The Morgan fingerprint density at radius 2 is 1.40 bits per heavy atom. The lowest BCUT2D eigenvalue weighted by molar-refractivity contribution is -0.344. The van der Waals surface area contributed by atoms with Gasteiger partial charge in [-0.3, -0.25) is 0 Å². The number of morpholine rings is 1. The van der Waals surface area contributed by atoms with E-state index in [2.05, 4.69) is 53.2 Å². The highest BCUT2D eigenvalue weighted by Gasteiger charge is 2.29. The molecule has 188 valence electrons. The minimum Gasteiger partial charge on any atom is -0.542 e. The van der Waals surface area contributed by atoms with Crippen LogP contribution < -0.4 is 20.2 Å². The lowest BCUT2D eigenvalue weighted by Crippen LogP contribution is -2.43. The SMILES string of the molecule is Cc1cc(N2CCNCC2)cc2[s+]c3cc(N4CCOCC4)cc(C)c3nc12.O=C([O-])C(F)(F)F. The quantitative estimate of drug-likeness (QED) is 0.421. The van der Waals surface area contributed by atoms with Crippen LogP contribution in [0.15, 0.2) is 24.3 Å². The molecule has 2 aliphatic heterocycles. The van der Waals surface area contributed by atoms with Gasteiger partial charge in [-0.15, -0.1) is 0 Å². The Morgan fingerprint density at radius 1 is 0.943 bits per heavy atom. The second kappa shape index (κ2) is 10.5. The zero-order valence-electron chi connectivity index (χ0n) is 19.6. The highest BCUT2D eigenvalue weighted by molar-refractivity contribution is 7.24. The number of halogens is 3. The van der Waals surface area contributed by atoms with Gasteiger partial charge in [-0.2, -0.15) is 13.2 Å². The average molecular weight is 509 g/mol. The molecule has 0 saturated carbocycles. The smallest absolute Gasteiger partial charge is 0.430 e. The van der Waals surface area contributed by atoms with Crippen LogP contribution in [0.4, 0.5) is 24.5 Å². The monoisotopic (exact) mass is 508 g/mol. The van der Waals surface area contributed by atoms with Gasteiger partial charge in [0.2, 0.25) is 11.3 Å². The fourth-order valence-corrected chi connectivity index (χ4v) is 5.44. The fraction of sp³-hybridized carbons (Fsp3) is 0.458. The molecule has 5 rings (SSSR count). The summed E-state index contributed by atoms with van der Waals surface area (Å²) in [4.78, 5) is 18.8. The van der Waals surface area contributed by atoms with Gasteiger partial charge < -0.3 is 29.8 Å². The van der Waals surface area contributed by atoms with Gasteiger partial charge >= 0.3 is 6.18 Å². The molecule has 7 nitrogen and oxygen atoms in total. The summed E-state index contributed by atoms with van der Waals surface area (Å²) in [6.07, 6.45) is -5.19. The van der Waals surface area contributed by atoms with E-state index in [9.17, 15) is 13.2 Å². The number of hydrogen-bond acceptors (Lipinski definition) is 7. The van der Waals surface area contributed by atoms with E-state index in [1.165, 1.54) is 31.9 Å². The van der Waals surface area contributed by atoms with Crippen molar-refractivity contribution in [1.29, 1.82) is 0 Å². The molecule has 0 radical (unpaired) electrons. The fourth-order valence-electron chi connectivity index (χ4n) is 4.24. The summed E-state index contributed by atoms with van der Waals surface area (Å²) >= 11 is 1.87. The highest BCUT2D eigenvalue weighted by atomic mass is 32.1. The summed E-state index contributed by atoms with van der Waals surface area (Å²) in [7, 11) is 0. The summed E-state index contributed by atoms with van der Waals surface area (Å²) in [6, 6.07) is 9.24. The molecule has 0 amide bonds. The Hall–Kier alpha value is -2.76. The summed E-state index contributed by atoms with van der Waals surface area (Å²) in [5.41, 5.74) is 7.40. The van der Waals surface area contributed by atoms with E-state index < -0.39 is 12.1 Å². The maximum absolute atomic E-state index is 10.5. The zero-order valence-corrected chi connectivity index (χ0v) is 20.4. The third kappa shape index (κ3) is 5.91. The predicted octanol–water partition coefficient (Wildman–Crippen LogP) is 2.89. The van der Waals surface area contributed by atoms with Crippen LogP contribution in [0.5, 0.6) is 0 Å². The molecular formula is C24H27F3N4O3S. The van der Waals surface area contributed by atoms with Crippen molar-refractivity contribution in [2.24, 2.45) is 0 Å². The molecule has 3 heterocycles. The molecule has 2 aliphatic rings. The van der Waals surface area contributed by atoms with Crippen molar-refractivity contribution >= 4 is 49.1 Å². The van der Waals surface area contributed by atoms with Crippen LogP contribution >= 0.6 is 11.3 Å². The van der Waals surface area contributed by atoms with E-state index >= 15 is 0 Å². The molecule has 0 aliphatic carbocycles. The van der Waals surface area contributed by atoms with Crippen LogP contribution in [0.3, 0.4) is 0 Å². The topological polar surface area (TPSA) is 80.8 Å². The minimum atomic E-state index is -5.19. The van der Waals surface area contributed by atoms with E-state index in [0.717, 1.165) is 63.5 Å². The number of benzene rings is 2. The third-order valence-corrected chi connectivity index (χ3v) is 7.10. The number of aliphatic carboxylic acids is 1. The number of ether oxygens (including phenoxy) is 1. The molecule has 0 bridgehead atoms. The zero-order chi connectivity index (χ0) is 25.2. The molecular weight excluding hydrogens is 481 g/mol. The lowest BCUT2D eigenvalue weighted by atomic mass is 10.1. The number of alkyl halides is 3. The molecule has 2 fully saturated rings. The standard InChI is InChI=1S/C22H27N4OS.C2HF3O2/c1-15-11-17(25-5-3-23-4-6-25)13-19-21(15)24-22-16(2)12-18(14-20(22)28-19)26-7-9-27-10-8-26;3-2(4,5)1(6)7/h11-14,23H,3-10H2,1-2H3;(H,6,7)/q+1;/p-1. The van der Waals surface area contributed by atoms with E-state index in [4.69, 9.17) is 19.6 Å². The van der Waals surface area contributed by atoms with Crippen LogP contribution in [0.25, 0.3) is 20.4 Å². The number of carbonyl (C=O) groups excluding carboxylic acids is 1. The number of rotatable bonds is 2. The Labute approximate surface area is 205 Å². The first kappa shape index (κ1) is 25.3. The van der Waals surface area contributed by atoms with Crippen molar-refractivity contribution in [1.82, 2.24) is 10.3 Å². The predicted molar refractivity (Wildman–Crippen MR) is 130 cm³/mol. The molecule has 0 spiro atoms. The van der Waals surface area contributed by atoms with Gasteiger partial charge in [-0.25, -0.2) is 4.98 Å². The summed E-state index contributed by atoms with van der Waals surface area (Å²) in [5, 5.41) is 12.2. The van der Waals surface area contributed by atoms with E-state index in [1.54, 1.807) is 0 Å². The van der Waals surface area contributed by atoms with Crippen LogP contribution in [-0.4, -0.2) is 69.6 Å². The maximum Gasteiger partial charge on any atom is 0.430 e. The number of aromatic nitrogens is 1. The second-order valence-corrected chi connectivity index (χ2v) is 9.64. The number of carbonyl (C=O) groups is 1. The number of carboxylic acids is 1. The summed E-state index contributed by atoms with van der Waals surface area (Å²) in [5.74, 6) is -3.01. The van der Waals surface area contributed by atoms with Crippen LogP contribution in [0.1, 0.15) is 11.1 Å². The van der Waals surface area contributed by atoms with Gasteiger partial charge in [0, 0.05) is 62.8 Å². The maximum atomic E-state index is 10.5. The lowest BCUT2D eigenvalue weighted by Gasteiger charge is -2.29. The van der Waals surface area contributed by atoms with E-state index in [0.29, 0.717) is 0 Å². The third-order valence-electron chi connectivity index (χ3n) is 6.03. The number of piperazine rings is 1. The molecule has 1 N–H and O–H groups in total. The van der Waals surface area contributed by atoms with Crippen molar-refractivity contribution in [2.75, 3.05) is 62.3 Å². The van der Waals surface area contributed by atoms with Crippen molar-refractivity contribution in [3.63, 3.8) is 0 Å². The van der Waals surface area contributed by atoms with Crippen molar-refractivity contribution in [3.8, 4) is 0 Å². The Balaban J connectivity index is 0.000000364. The average Bonchev–Trinajstić information content (AvgIpc) is 2.84. The van der Waals surface area contributed by atoms with Crippen molar-refractivity contribution in [2.45, 2.75) is 20.0 Å². The van der Waals surface area contributed by atoms with Crippen LogP contribution in [-0.2, 0) is 9.53 Å². The second-order valence-electron chi connectivity index (χ2n) is 8.55. The first-order chi connectivity index (χ1) is 16.6. The molecule has 0 unspecified atom stereocenters. The largest absolute Gasteiger partial charge is 0.542 e. The number of anilines is 2. The number of hydrogen-bond donors (Lipinski definition) is 1. The number of carboxylic acid groups (broad SMARTS) is 1. The molecule has 11 heteroatoms. The first-order valence-corrected chi connectivity index (χ1v) is 12.2. The van der Waals surface area contributed by atoms with Gasteiger partial charge in [-0.1, -0.05) is 0 Å². The Bertz CT molecular complexity index is 1150. The summed E-state index contributed by atoms with van der Waals surface area (Å²) < 4.78 is 39.6. The molecule has 2 saturated heterocycles. The van der Waals surface area contributed by atoms with Crippen molar-refractivity contribution < 1.29 is 27.8 Å². The number of nitrogens with one attached hydrogen (secondary N) is 1. The summed E-state index contributed by atoms with van der Waals surface area (Å²) in [6.45, 7) is 12.2. The van der Waals surface area contributed by atoms with E-state index in [1.807, 2.05) is 11.3 Å². The van der Waals surface area contributed by atoms with Gasteiger partial charge in [0.1, 0.15) is 17.0 Å². The number of aryl methyl sites for hydroxylation is 2. The van der Waals surface area contributed by atoms with Crippen LogP contribution in [0.2, 0.25) is 0 Å². The molecule has 0 atom stereocenters. The van der Waals surface area contributed by atoms with Gasteiger partial charge in [0.05, 0.1) is 13.2 Å². The minimum absolute atomic E-state index is 0.809. The van der Waals surface area contributed by atoms with Gasteiger partial charge in [0.15, 0.2) is 0 Å². The Kier molecular flexibility index (Phi) is 7.58. The Morgan fingerprint density at radius 3 is 1.86 bits per heavy atom. The molecule has 35 heavy (non-hydrogen) atoms. The highest BCUT2D eigenvalue weighted by Crippen LogP contribution is 2.35. The normalized spacial score (nSPS) is 16.8. The van der Waals surface area contributed by atoms with Crippen LogP contribution in [0, 0.1) is 13.8 Å². The molecule has 3 aromatic rings. The first-order valence-electron chi connectivity index (χ1n) is 11.4.